The molecule has 0 fully saturated rings. The van der Waals surface area contributed by atoms with E-state index in [1.165, 1.54) is 13.3 Å². The summed E-state index contributed by atoms with van der Waals surface area (Å²) in [5, 5.41) is 10.6. The molecule has 0 bridgehead atoms. The molecule has 166 valence electrons. The molecule has 10 nitrogen and oxygen atoms in total. The van der Waals surface area contributed by atoms with Gasteiger partial charge >= 0.3 is 0 Å². The van der Waals surface area contributed by atoms with Gasteiger partial charge in [-0.3, -0.25) is 14.7 Å². The molecule has 12 heteroatoms. The van der Waals surface area contributed by atoms with Gasteiger partial charge < -0.3 is 10.1 Å². The van der Waals surface area contributed by atoms with Gasteiger partial charge in [0.2, 0.25) is 16.0 Å². The van der Waals surface area contributed by atoms with Crippen LogP contribution in [-0.4, -0.2) is 49.0 Å². The highest BCUT2D eigenvalue weighted by atomic mass is 35.5. The van der Waals surface area contributed by atoms with E-state index in [0.717, 1.165) is 11.9 Å². The highest BCUT2D eigenvalue weighted by molar-refractivity contribution is 7.92. The van der Waals surface area contributed by atoms with Gasteiger partial charge in [-0.1, -0.05) is 25.4 Å². The molecule has 0 atom stereocenters. The summed E-state index contributed by atoms with van der Waals surface area (Å²) in [6.07, 6.45) is 2.53. The van der Waals surface area contributed by atoms with E-state index in [-0.39, 0.29) is 5.02 Å². The molecule has 0 aliphatic carbocycles. The fourth-order valence-electron chi connectivity index (χ4n) is 2.67. The van der Waals surface area contributed by atoms with Crippen LogP contribution < -0.4 is 19.7 Å². The Hall–Kier alpha value is -3.05. The highest BCUT2D eigenvalue weighted by Crippen LogP contribution is 2.33. The third kappa shape index (κ3) is 5.56. The number of methoxy groups -OCH3 is 1. The number of anilines is 5. The molecule has 31 heavy (non-hydrogen) atoms. The van der Waals surface area contributed by atoms with E-state index in [1.807, 2.05) is 6.07 Å². The van der Waals surface area contributed by atoms with Crippen molar-refractivity contribution in [2.75, 3.05) is 35.4 Å². The predicted molar refractivity (Wildman–Crippen MR) is 123 cm³/mol. The molecule has 1 aromatic carbocycles. The minimum atomic E-state index is -3.52. The Bertz CT molecular complexity index is 1180. The average molecular weight is 466 g/mol. The quantitative estimate of drug-likeness (QED) is 0.457. The molecule has 0 aliphatic heterocycles. The summed E-state index contributed by atoms with van der Waals surface area (Å²) in [6.45, 7) is 4.13. The number of halogens is 1. The monoisotopic (exact) mass is 465 g/mol. The molecule has 3 N–H and O–H groups in total. The molecule has 0 unspecified atom stereocenters. The van der Waals surface area contributed by atoms with Crippen molar-refractivity contribution < 1.29 is 13.2 Å². The first kappa shape index (κ1) is 22.6. The third-order valence-corrected chi connectivity index (χ3v) is 5.22. The average Bonchev–Trinajstić information content (AvgIpc) is 3.19. The first-order chi connectivity index (χ1) is 14.6. The van der Waals surface area contributed by atoms with Gasteiger partial charge in [-0.25, -0.2) is 13.4 Å². The van der Waals surface area contributed by atoms with E-state index in [0.29, 0.717) is 40.6 Å². The first-order valence-electron chi connectivity index (χ1n) is 9.32. The molecule has 2 aromatic heterocycles. The van der Waals surface area contributed by atoms with Gasteiger partial charge in [-0.05, 0) is 18.1 Å². The van der Waals surface area contributed by atoms with Crippen LogP contribution in [0.1, 0.15) is 25.5 Å². The molecule has 3 rings (SSSR count). The first-order valence-corrected chi connectivity index (χ1v) is 11.6. The van der Waals surface area contributed by atoms with E-state index < -0.39 is 10.0 Å². The standard InChI is InChI=1S/C19H24ClN7O3S/c1-11(2)15-9-17(25-24-15)27(3)19-21-10-13(20)18(23-19)22-14-7-6-12(30-4)8-16(14)26-31(5,28)29/h6-11,26H,1-5H3,(H,24,25)(H,21,22,23). The number of ether oxygens (including phenoxy) is 1. The van der Waals surface area contributed by atoms with Crippen molar-refractivity contribution in [1.29, 1.82) is 0 Å². The normalized spacial score (nSPS) is 11.5. The zero-order valence-corrected chi connectivity index (χ0v) is 19.3. The van der Waals surface area contributed by atoms with Crippen LogP contribution in [0.15, 0.2) is 30.5 Å². The van der Waals surface area contributed by atoms with E-state index in [4.69, 9.17) is 16.3 Å². The van der Waals surface area contributed by atoms with Crippen molar-refractivity contribution in [3.8, 4) is 5.75 Å². The molecule has 0 spiro atoms. The lowest BCUT2D eigenvalue weighted by atomic mass is 10.1. The number of H-pyrrole nitrogens is 1. The lowest BCUT2D eigenvalue weighted by Crippen LogP contribution is -2.15. The van der Waals surface area contributed by atoms with Gasteiger partial charge in [0, 0.05) is 24.9 Å². The Morgan fingerprint density at radius 1 is 1.23 bits per heavy atom. The van der Waals surface area contributed by atoms with Crippen LogP contribution in [0.5, 0.6) is 5.75 Å². The number of nitrogens with zero attached hydrogens (tertiary/aromatic N) is 4. The fraction of sp³-hybridized carbons (Fsp3) is 0.316. The van der Waals surface area contributed by atoms with Crippen LogP contribution in [-0.2, 0) is 10.0 Å². The van der Waals surface area contributed by atoms with E-state index in [2.05, 4.69) is 44.1 Å². The summed E-state index contributed by atoms with van der Waals surface area (Å²) in [7, 11) is -0.236. The number of rotatable bonds is 8. The number of sulfonamides is 1. The Morgan fingerprint density at radius 2 is 1.97 bits per heavy atom. The number of nitrogens with one attached hydrogen (secondary N) is 3. The van der Waals surface area contributed by atoms with Gasteiger partial charge in [-0.2, -0.15) is 10.1 Å². The van der Waals surface area contributed by atoms with Crippen molar-refractivity contribution in [2.24, 2.45) is 0 Å². The van der Waals surface area contributed by atoms with Crippen molar-refractivity contribution in [3.63, 3.8) is 0 Å². The van der Waals surface area contributed by atoms with Crippen molar-refractivity contribution in [3.05, 3.63) is 41.2 Å². The van der Waals surface area contributed by atoms with Gasteiger partial charge in [-0.15, -0.1) is 0 Å². The maximum absolute atomic E-state index is 11.8. The molecule has 0 saturated carbocycles. The Labute approximate surface area is 186 Å². The molecular weight excluding hydrogens is 442 g/mol. The predicted octanol–water partition coefficient (Wildman–Crippen LogP) is 3.87. The van der Waals surface area contributed by atoms with Gasteiger partial charge in [0.15, 0.2) is 11.6 Å². The van der Waals surface area contributed by atoms with Crippen LogP contribution >= 0.6 is 11.6 Å². The molecular formula is C19H24ClN7O3S. The molecule has 0 amide bonds. The van der Waals surface area contributed by atoms with E-state index >= 15 is 0 Å². The fourth-order valence-corrected chi connectivity index (χ4v) is 3.38. The lowest BCUT2D eigenvalue weighted by molar-refractivity contribution is 0.415. The second kappa shape index (κ2) is 8.98. The smallest absolute Gasteiger partial charge is 0.232 e. The number of hydrogen-bond donors (Lipinski definition) is 3. The zero-order valence-electron chi connectivity index (χ0n) is 17.8. The molecule has 2 heterocycles. The van der Waals surface area contributed by atoms with Crippen molar-refractivity contribution >= 4 is 50.6 Å². The number of hydrogen-bond acceptors (Lipinski definition) is 8. The molecule has 0 saturated heterocycles. The summed E-state index contributed by atoms with van der Waals surface area (Å²) in [5.74, 6) is 2.11. The maximum atomic E-state index is 11.8. The maximum Gasteiger partial charge on any atom is 0.232 e. The van der Waals surface area contributed by atoms with E-state index in [9.17, 15) is 8.42 Å². The number of aromatic nitrogens is 4. The minimum absolute atomic E-state index is 0.267. The molecule has 0 aliphatic rings. The zero-order chi connectivity index (χ0) is 22.8. The largest absolute Gasteiger partial charge is 0.497 e. The Kier molecular flexibility index (Phi) is 6.56. The molecule has 3 aromatic rings. The number of benzene rings is 1. The summed E-state index contributed by atoms with van der Waals surface area (Å²) in [6, 6.07) is 6.84. The van der Waals surface area contributed by atoms with Gasteiger partial charge in [0.1, 0.15) is 10.8 Å². The summed E-state index contributed by atoms with van der Waals surface area (Å²) < 4.78 is 31.2. The SMILES string of the molecule is COc1ccc(Nc2nc(N(C)c3cc(C(C)C)[nH]n3)ncc2Cl)c(NS(C)(=O)=O)c1. The second-order valence-corrected chi connectivity index (χ2v) is 9.33. The second-order valence-electron chi connectivity index (χ2n) is 7.17. The van der Waals surface area contributed by atoms with Crippen LogP contribution in [0, 0.1) is 0 Å². The number of aromatic amines is 1. The van der Waals surface area contributed by atoms with Crippen molar-refractivity contribution in [1.82, 2.24) is 20.2 Å². The highest BCUT2D eigenvalue weighted by Gasteiger charge is 2.16. The Morgan fingerprint density at radius 3 is 2.58 bits per heavy atom. The summed E-state index contributed by atoms with van der Waals surface area (Å²) in [5.41, 5.74) is 1.73. The van der Waals surface area contributed by atoms with E-state index in [1.54, 1.807) is 30.1 Å². The van der Waals surface area contributed by atoms with Crippen LogP contribution in [0.2, 0.25) is 5.02 Å². The lowest BCUT2D eigenvalue weighted by Gasteiger charge is -2.17. The van der Waals surface area contributed by atoms with Gasteiger partial charge in [0.05, 0.1) is 30.9 Å². The third-order valence-electron chi connectivity index (χ3n) is 4.36. The Balaban J connectivity index is 1.94. The van der Waals surface area contributed by atoms with Crippen molar-refractivity contribution in [2.45, 2.75) is 19.8 Å². The summed E-state index contributed by atoms with van der Waals surface area (Å²) >= 11 is 6.30. The topological polar surface area (TPSA) is 125 Å². The van der Waals surface area contributed by atoms with Crippen LogP contribution in [0.4, 0.5) is 29.0 Å². The summed E-state index contributed by atoms with van der Waals surface area (Å²) in [4.78, 5) is 10.5. The van der Waals surface area contributed by atoms with Crippen LogP contribution in [0.3, 0.4) is 0 Å². The minimum Gasteiger partial charge on any atom is -0.497 e. The van der Waals surface area contributed by atoms with Gasteiger partial charge in [0.25, 0.3) is 0 Å². The molecule has 0 radical (unpaired) electrons. The van der Waals surface area contributed by atoms with Crippen LogP contribution in [0.25, 0.3) is 0 Å².